The molecule has 0 aromatic carbocycles. The number of carbonyl (C=O) groups is 2. The van der Waals surface area contributed by atoms with Gasteiger partial charge in [-0.05, 0) is 18.6 Å². The highest BCUT2D eigenvalue weighted by atomic mass is 16.5. The van der Waals surface area contributed by atoms with E-state index >= 15 is 0 Å². The van der Waals surface area contributed by atoms with Gasteiger partial charge in [0.15, 0.2) is 0 Å². The first-order valence-corrected chi connectivity index (χ1v) is 10.2. The Kier molecular flexibility index (Phi) is 4.28. The Morgan fingerprint density at radius 3 is 2.93 bits per heavy atom. The molecule has 2 unspecified atom stereocenters. The van der Waals surface area contributed by atoms with E-state index < -0.39 is 17.4 Å². The summed E-state index contributed by atoms with van der Waals surface area (Å²) in [6.07, 6.45) is 8.85. The SMILES string of the molecule is Cc1c(CN(C)C(=O)C2C3C(=O)N(Cc4cccnc4)C[C@@]34C=C[C@@H]2O4)cnn1C. The number of carbonyl (C=O) groups excluding carboxylic acids is 2. The third-order valence-corrected chi connectivity index (χ3v) is 6.68. The Labute approximate surface area is 175 Å². The largest absolute Gasteiger partial charge is 0.360 e. The van der Waals surface area contributed by atoms with Crippen LogP contribution in [-0.2, 0) is 34.5 Å². The Bertz CT molecular complexity index is 1030. The number of aryl methyl sites for hydroxylation is 1. The molecule has 1 spiro atoms. The van der Waals surface area contributed by atoms with Crippen LogP contribution in [0.5, 0.6) is 0 Å². The van der Waals surface area contributed by atoms with Gasteiger partial charge in [-0.3, -0.25) is 19.3 Å². The van der Waals surface area contributed by atoms with Crippen molar-refractivity contribution in [3.8, 4) is 0 Å². The molecule has 2 fully saturated rings. The van der Waals surface area contributed by atoms with Gasteiger partial charge in [-0.1, -0.05) is 18.2 Å². The topological polar surface area (TPSA) is 80.6 Å². The summed E-state index contributed by atoms with van der Waals surface area (Å²) in [4.78, 5) is 34.4. The predicted molar refractivity (Wildman–Crippen MR) is 108 cm³/mol. The zero-order valence-electron chi connectivity index (χ0n) is 17.4. The van der Waals surface area contributed by atoms with Gasteiger partial charge in [0.2, 0.25) is 11.8 Å². The number of hydrogen-bond donors (Lipinski definition) is 0. The van der Waals surface area contributed by atoms with Gasteiger partial charge in [-0.2, -0.15) is 5.10 Å². The Balaban J connectivity index is 1.36. The second-order valence-corrected chi connectivity index (χ2v) is 8.53. The molecule has 0 radical (unpaired) electrons. The molecule has 2 saturated heterocycles. The van der Waals surface area contributed by atoms with Gasteiger partial charge in [0.25, 0.3) is 0 Å². The number of aromatic nitrogens is 3. The van der Waals surface area contributed by atoms with E-state index in [0.717, 1.165) is 16.8 Å². The summed E-state index contributed by atoms with van der Waals surface area (Å²) in [7, 11) is 3.66. The Morgan fingerprint density at radius 1 is 1.40 bits per heavy atom. The third kappa shape index (κ3) is 2.78. The molecule has 2 amide bonds. The van der Waals surface area contributed by atoms with Gasteiger partial charge in [0.05, 0.1) is 30.7 Å². The van der Waals surface area contributed by atoms with Gasteiger partial charge < -0.3 is 14.5 Å². The fourth-order valence-electron chi connectivity index (χ4n) is 4.99. The van der Waals surface area contributed by atoms with E-state index in [1.807, 2.05) is 38.3 Å². The van der Waals surface area contributed by atoms with E-state index in [9.17, 15) is 9.59 Å². The van der Waals surface area contributed by atoms with E-state index in [4.69, 9.17) is 4.74 Å². The van der Waals surface area contributed by atoms with Crippen molar-refractivity contribution in [2.75, 3.05) is 13.6 Å². The molecule has 4 atom stereocenters. The number of amides is 2. The molecule has 5 rings (SSSR count). The van der Waals surface area contributed by atoms with Crippen LogP contribution < -0.4 is 0 Å². The monoisotopic (exact) mass is 407 g/mol. The van der Waals surface area contributed by atoms with Crippen LogP contribution in [0.3, 0.4) is 0 Å². The predicted octanol–water partition coefficient (Wildman–Crippen LogP) is 1.06. The number of ether oxygens (including phenoxy) is 1. The molecule has 0 N–H and O–H groups in total. The molecule has 3 aliphatic rings. The van der Waals surface area contributed by atoms with E-state index in [0.29, 0.717) is 19.6 Å². The zero-order chi connectivity index (χ0) is 21.0. The minimum Gasteiger partial charge on any atom is -0.360 e. The van der Waals surface area contributed by atoms with E-state index in [2.05, 4.69) is 10.1 Å². The van der Waals surface area contributed by atoms with Crippen molar-refractivity contribution in [3.63, 3.8) is 0 Å². The summed E-state index contributed by atoms with van der Waals surface area (Å²) < 4.78 is 8.03. The van der Waals surface area contributed by atoms with Crippen molar-refractivity contribution in [1.29, 1.82) is 0 Å². The number of likely N-dealkylation sites (tertiary alicyclic amines) is 1. The molecule has 156 valence electrons. The second-order valence-electron chi connectivity index (χ2n) is 8.53. The summed E-state index contributed by atoms with van der Waals surface area (Å²) >= 11 is 0. The second kappa shape index (κ2) is 6.77. The van der Waals surface area contributed by atoms with Crippen LogP contribution in [-0.4, -0.2) is 61.7 Å². The van der Waals surface area contributed by atoms with E-state index in [-0.39, 0.29) is 17.9 Å². The molecule has 2 bridgehead atoms. The Hall–Kier alpha value is -3.00. The van der Waals surface area contributed by atoms with Crippen LogP contribution in [0.25, 0.3) is 0 Å². The maximum atomic E-state index is 13.4. The number of hydrogen-bond acceptors (Lipinski definition) is 5. The molecule has 0 aliphatic carbocycles. The maximum Gasteiger partial charge on any atom is 0.230 e. The molecule has 3 aliphatic heterocycles. The van der Waals surface area contributed by atoms with Crippen molar-refractivity contribution in [2.24, 2.45) is 18.9 Å². The van der Waals surface area contributed by atoms with Gasteiger partial charge in [0, 0.05) is 50.8 Å². The molecule has 2 aromatic rings. The van der Waals surface area contributed by atoms with Crippen LogP contribution >= 0.6 is 0 Å². The smallest absolute Gasteiger partial charge is 0.230 e. The quantitative estimate of drug-likeness (QED) is 0.693. The Morgan fingerprint density at radius 2 is 2.23 bits per heavy atom. The maximum absolute atomic E-state index is 13.4. The fraction of sp³-hybridized carbons (Fsp3) is 0.455. The molecular weight excluding hydrogens is 382 g/mol. The van der Waals surface area contributed by atoms with Gasteiger partial charge in [-0.15, -0.1) is 0 Å². The first-order chi connectivity index (χ1) is 14.4. The van der Waals surface area contributed by atoms with Crippen LogP contribution in [0.2, 0.25) is 0 Å². The molecule has 5 heterocycles. The summed E-state index contributed by atoms with van der Waals surface area (Å²) in [5.41, 5.74) is 2.29. The van der Waals surface area contributed by atoms with E-state index in [1.54, 1.807) is 40.1 Å². The highest BCUT2D eigenvalue weighted by Crippen LogP contribution is 2.52. The van der Waals surface area contributed by atoms with Crippen molar-refractivity contribution in [3.05, 3.63) is 59.7 Å². The molecule has 8 nitrogen and oxygen atoms in total. The molecule has 2 aromatic heterocycles. The zero-order valence-corrected chi connectivity index (χ0v) is 17.4. The van der Waals surface area contributed by atoms with Crippen molar-refractivity contribution in [1.82, 2.24) is 24.6 Å². The van der Waals surface area contributed by atoms with Crippen LogP contribution in [0.4, 0.5) is 0 Å². The third-order valence-electron chi connectivity index (χ3n) is 6.68. The lowest BCUT2D eigenvalue weighted by atomic mass is 9.76. The number of rotatable bonds is 5. The van der Waals surface area contributed by atoms with Gasteiger partial charge in [-0.25, -0.2) is 0 Å². The van der Waals surface area contributed by atoms with Crippen LogP contribution in [0, 0.1) is 18.8 Å². The first-order valence-electron chi connectivity index (χ1n) is 10.2. The minimum absolute atomic E-state index is 0.0185. The number of nitrogens with zero attached hydrogens (tertiary/aromatic N) is 5. The lowest BCUT2D eigenvalue weighted by Gasteiger charge is -2.27. The average Bonchev–Trinajstić information content (AvgIpc) is 3.45. The van der Waals surface area contributed by atoms with Crippen molar-refractivity contribution in [2.45, 2.75) is 31.7 Å². The lowest BCUT2D eigenvalue weighted by Crippen LogP contribution is -2.44. The standard InChI is InChI=1S/C22H25N5O3/c1-14-16(10-24-26(14)3)12-25(2)20(28)18-17-6-7-22(30-17)13-27(21(29)19(18)22)11-15-5-4-8-23-9-15/h4-10,17-19H,11-13H2,1-3H3/t17-,18?,19?,22-/m0/s1. The number of fused-ring (bicyclic) bond motifs is 1. The summed E-state index contributed by atoms with van der Waals surface area (Å²) in [6.45, 7) is 3.38. The summed E-state index contributed by atoms with van der Waals surface area (Å²) in [5.74, 6) is -1.05. The molecule has 30 heavy (non-hydrogen) atoms. The summed E-state index contributed by atoms with van der Waals surface area (Å²) in [5, 5.41) is 4.26. The van der Waals surface area contributed by atoms with Crippen LogP contribution in [0.15, 0.2) is 42.9 Å². The van der Waals surface area contributed by atoms with Gasteiger partial charge >= 0.3 is 0 Å². The highest BCUT2D eigenvalue weighted by Gasteiger charge is 2.67. The normalized spacial score (nSPS) is 29.0. The minimum atomic E-state index is -0.699. The summed E-state index contributed by atoms with van der Waals surface area (Å²) in [6, 6.07) is 3.81. The van der Waals surface area contributed by atoms with Crippen molar-refractivity contribution < 1.29 is 14.3 Å². The molecule has 0 saturated carbocycles. The van der Waals surface area contributed by atoms with E-state index in [1.165, 1.54) is 0 Å². The van der Waals surface area contributed by atoms with Crippen molar-refractivity contribution >= 4 is 11.8 Å². The number of pyridine rings is 1. The highest BCUT2D eigenvalue weighted by molar-refractivity contribution is 5.93. The molecular formula is C22H25N5O3. The lowest BCUT2D eigenvalue weighted by molar-refractivity contribution is -0.142. The molecule has 8 heteroatoms. The van der Waals surface area contributed by atoms with Crippen LogP contribution in [0.1, 0.15) is 16.8 Å². The average molecular weight is 407 g/mol. The first kappa shape index (κ1) is 19.0. The fourth-order valence-corrected chi connectivity index (χ4v) is 4.99. The van der Waals surface area contributed by atoms with Gasteiger partial charge in [0.1, 0.15) is 5.60 Å².